The Morgan fingerprint density at radius 1 is 1.22 bits per heavy atom. The van der Waals surface area contributed by atoms with Gasteiger partial charge >= 0.3 is 0 Å². The topological polar surface area (TPSA) is 43.8 Å². The molecule has 0 bridgehead atoms. The second kappa shape index (κ2) is 6.98. The van der Waals surface area contributed by atoms with Gasteiger partial charge in [-0.1, -0.05) is 26.0 Å². The highest BCUT2D eigenvalue weighted by Gasteiger charge is 2.15. The van der Waals surface area contributed by atoms with Gasteiger partial charge in [-0.3, -0.25) is 0 Å². The van der Waals surface area contributed by atoms with Gasteiger partial charge in [0.2, 0.25) is 0 Å². The summed E-state index contributed by atoms with van der Waals surface area (Å²) < 4.78 is 2.10. The molecule has 2 rings (SSSR count). The zero-order chi connectivity index (χ0) is 11.7. The Hall–Kier alpha value is -0.770. The maximum Gasteiger partial charge on any atom is 0.126 e. The molecule has 3 nitrogen and oxygen atoms in total. The van der Waals surface area contributed by atoms with Gasteiger partial charge in [0.15, 0.2) is 0 Å². The van der Waals surface area contributed by atoms with E-state index in [1.807, 2.05) is 25.2 Å². The van der Waals surface area contributed by atoms with Crippen LogP contribution in [0.1, 0.15) is 32.1 Å². The van der Waals surface area contributed by atoms with Crippen LogP contribution in [0.25, 0.3) is 11.0 Å². The summed E-state index contributed by atoms with van der Waals surface area (Å²) >= 11 is 0. The van der Waals surface area contributed by atoms with Crippen molar-refractivity contribution >= 4 is 35.8 Å². The second-order valence-electron chi connectivity index (χ2n) is 4.75. The number of nitrogens with zero attached hydrogens (tertiary/aromatic N) is 2. The molecule has 1 heterocycles. The van der Waals surface area contributed by atoms with Crippen LogP contribution in [0.15, 0.2) is 24.3 Å². The van der Waals surface area contributed by atoms with E-state index >= 15 is 0 Å². The van der Waals surface area contributed by atoms with Gasteiger partial charge in [-0.15, -0.1) is 24.8 Å². The molecule has 2 aromatic rings. The number of nitrogens with two attached hydrogens (primary N) is 1. The van der Waals surface area contributed by atoms with E-state index in [0.717, 1.165) is 23.3 Å². The van der Waals surface area contributed by atoms with Crippen LogP contribution in [0.5, 0.6) is 0 Å². The molecule has 0 saturated carbocycles. The molecule has 18 heavy (non-hydrogen) atoms. The highest BCUT2D eigenvalue weighted by Crippen LogP contribution is 2.22. The van der Waals surface area contributed by atoms with Gasteiger partial charge in [0.25, 0.3) is 0 Å². The standard InChI is InChI=1S/C13H19N3.2ClH/c1-9(2)8-10(14)13-15-11-6-4-5-7-12(11)16(13)3;;/h4-7,9-10H,8,14H2,1-3H3;2*1H. The van der Waals surface area contributed by atoms with Gasteiger partial charge in [0.05, 0.1) is 17.1 Å². The van der Waals surface area contributed by atoms with E-state index in [9.17, 15) is 0 Å². The van der Waals surface area contributed by atoms with E-state index in [-0.39, 0.29) is 30.9 Å². The van der Waals surface area contributed by atoms with Gasteiger partial charge in [0, 0.05) is 7.05 Å². The largest absolute Gasteiger partial charge is 0.330 e. The van der Waals surface area contributed by atoms with Crippen LogP contribution in [0.2, 0.25) is 0 Å². The maximum atomic E-state index is 6.18. The minimum absolute atomic E-state index is 0. The predicted octanol–water partition coefficient (Wildman–Crippen LogP) is 3.46. The molecular weight excluding hydrogens is 269 g/mol. The molecule has 102 valence electrons. The van der Waals surface area contributed by atoms with Gasteiger partial charge in [0.1, 0.15) is 5.82 Å². The first-order chi connectivity index (χ1) is 7.59. The quantitative estimate of drug-likeness (QED) is 0.940. The fraction of sp³-hybridized carbons (Fsp3) is 0.462. The van der Waals surface area contributed by atoms with E-state index in [1.165, 1.54) is 0 Å². The van der Waals surface area contributed by atoms with Crippen molar-refractivity contribution in [3.8, 4) is 0 Å². The first-order valence-corrected chi connectivity index (χ1v) is 5.76. The van der Waals surface area contributed by atoms with Crippen molar-refractivity contribution < 1.29 is 0 Å². The smallest absolute Gasteiger partial charge is 0.126 e. The average molecular weight is 290 g/mol. The van der Waals surface area contributed by atoms with Gasteiger partial charge in [-0.2, -0.15) is 0 Å². The van der Waals surface area contributed by atoms with E-state index in [0.29, 0.717) is 5.92 Å². The number of hydrogen-bond acceptors (Lipinski definition) is 2. The highest BCUT2D eigenvalue weighted by molar-refractivity contribution is 5.85. The predicted molar refractivity (Wildman–Crippen MR) is 81.6 cm³/mol. The van der Waals surface area contributed by atoms with Gasteiger partial charge in [-0.05, 0) is 24.5 Å². The molecule has 1 unspecified atom stereocenters. The number of para-hydroxylation sites is 2. The number of aromatic nitrogens is 2. The van der Waals surface area contributed by atoms with Crippen LogP contribution in [0.4, 0.5) is 0 Å². The van der Waals surface area contributed by atoms with E-state index in [2.05, 4.69) is 29.5 Å². The summed E-state index contributed by atoms with van der Waals surface area (Å²) in [5, 5.41) is 0. The fourth-order valence-corrected chi connectivity index (χ4v) is 2.11. The van der Waals surface area contributed by atoms with Crippen LogP contribution in [0, 0.1) is 5.92 Å². The Morgan fingerprint density at radius 3 is 2.39 bits per heavy atom. The maximum absolute atomic E-state index is 6.18. The Bertz CT molecular complexity index is 494. The molecule has 0 aliphatic carbocycles. The number of fused-ring (bicyclic) bond motifs is 1. The van der Waals surface area contributed by atoms with Crippen molar-refractivity contribution in [3.63, 3.8) is 0 Å². The van der Waals surface area contributed by atoms with Crippen molar-refractivity contribution in [3.05, 3.63) is 30.1 Å². The lowest BCUT2D eigenvalue weighted by atomic mass is 10.0. The Morgan fingerprint density at radius 2 is 1.83 bits per heavy atom. The van der Waals surface area contributed by atoms with Gasteiger partial charge < -0.3 is 10.3 Å². The van der Waals surface area contributed by atoms with E-state index in [4.69, 9.17) is 5.73 Å². The van der Waals surface area contributed by atoms with Crippen LogP contribution >= 0.6 is 24.8 Å². The normalized spacial score (nSPS) is 12.1. The highest BCUT2D eigenvalue weighted by atomic mass is 35.5. The number of rotatable bonds is 3. The minimum atomic E-state index is 0. The molecule has 0 aliphatic heterocycles. The Labute approximate surface area is 121 Å². The molecule has 0 fully saturated rings. The number of aryl methyl sites for hydroxylation is 1. The van der Waals surface area contributed by atoms with Crippen molar-refractivity contribution in [2.75, 3.05) is 0 Å². The lowest BCUT2D eigenvalue weighted by Crippen LogP contribution is -2.17. The number of hydrogen-bond donors (Lipinski definition) is 1. The SMILES string of the molecule is CC(C)CC(N)c1nc2ccccc2n1C.Cl.Cl. The molecule has 1 aromatic heterocycles. The summed E-state index contributed by atoms with van der Waals surface area (Å²) in [6, 6.07) is 8.17. The lowest BCUT2D eigenvalue weighted by molar-refractivity contribution is 0.485. The molecule has 1 aromatic carbocycles. The third-order valence-electron chi connectivity index (χ3n) is 2.88. The third-order valence-corrected chi connectivity index (χ3v) is 2.88. The number of benzene rings is 1. The third kappa shape index (κ3) is 3.37. The summed E-state index contributed by atoms with van der Waals surface area (Å²) in [6.07, 6.45) is 0.969. The van der Waals surface area contributed by atoms with Crippen molar-refractivity contribution in [1.82, 2.24) is 9.55 Å². The zero-order valence-electron chi connectivity index (χ0n) is 11.0. The van der Waals surface area contributed by atoms with E-state index < -0.39 is 0 Å². The van der Waals surface area contributed by atoms with Crippen LogP contribution in [-0.4, -0.2) is 9.55 Å². The van der Waals surface area contributed by atoms with Crippen molar-refractivity contribution in [2.45, 2.75) is 26.3 Å². The van der Waals surface area contributed by atoms with Gasteiger partial charge in [-0.25, -0.2) is 4.98 Å². The second-order valence-corrected chi connectivity index (χ2v) is 4.75. The van der Waals surface area contributed by atoms with Crippen LogP contribution < -0.4 is 5.73 Å². The first kappa shape index (κ1) is 17.2. The molecule has 0 amide bonds. The number of imidazole rings is 1. The summed E-state index contributed by atoms with van der Waals surface area (Å²) in [7, 11) is 2.03. The van der Waals surface area contributed by atoms with E-state index in [1.54, 1.807) is 0 Å². The molecule has 2 N–H and O–H groups in total. The Kier molecular flexibility index (Phi) is 6.68. The fourth-order valence-electron chi connectivity index (χ4n) is 2.11. The van der Waals surface area contributed by atoms with Crippen LogP contribution in [-0.2, 0) is 7.05 Å². The molecule has 0 saturated heterocycles. The summed E-state index contributed by atoms with van der Waals surface area (Å²) in [5.41, 5.74) is 8.35. The van der Waals surface area contributed by atoms with Crippen molar-refractivity contribution in [1.29, 1.82) is 0 Å². The zero-order valence-corrected chi connectivity index (χ0v) is 12.6. The lowest BCUT2D eigenvalue weighted by Gasteiger charge is -2.13. The summed E-state index contributed by atoms with van der Waals surface area (Å²) in [5.74, 6) is 1.57. The Balaban J connectivity index is 0.00000144. The molecule has 0 radical (unpaired) electrons. The molecule has 5 heteroatoms. The van der Waals surface area contributed by atoms with Crippen molar-refractivity contribution in [2.24, 2.45) is 18.7 Å². The monoisotopic (exact) mass is 289 g/mol. The number of halogens is 2. The minimum Gasteiger partial charge on any atom is -0.330 e. The first-order valence-electron chi connectivity index (χ1n) is 5.76. The summed E-state index contributed by atoms with van der Waals surface area (Å²) in [6.45, 7) is 4.37. The summed E-state index contributed by atoms with van der Waals surface area (Å²) in [4.78, 5) is 4.60. The molecule has 0 spiro atoms. The molecule has 1 atom stereocenters. The molecular formula is C13H21Cl2N3. The van der Waals surface area contributed by atoms with Crippen LogP contribution in [0.3, 0.4) is 0 Å². The molecule has 0 aliphatic rings. The average Bonchev–Trinajstić information content (AvgIpc) is 2.56.